The lowest BCUT2D eigenvalue weighted by atomic mass is 10.0. The molecule has 1 amide bonds. The summed E-state index contributed by atoms with van der Waals surface area (Å²) in [5.41, 5.74) is -3.90. The number of alkyl halides is 6. The molecule has 0 saturated carbocycles. The second-order valence-corrected chi connectivity index (χ2v) is 6.69. The number of nitrogens with one attached hydrogen (secondary N) is 1. The van der Waals surface area contributed by atoms with Gasteiger partial charge in [0.2, 0.25) is 5.89 Å². The molecule has 0 aliphatic carbocycles. The summed E-state index contributed by atoms with van der Waals surface area (Å²) in [5.74, 6) is -1.46. The van der Waals surface area contributed by atoms with E-state index in [0.717, 1.165) is 0 Å². The van der Waals surface area contributed by atoms with Crippen LogP contribution in [0.3, 0.4) is 0 Å². The van der Waals surface area contributed by atoms with Gasteiger partial charge < -0.3 is 4.42 Å². The maximum atomic E-state index is 12.9. The first-order chi connectivity index (χ1) is 13.8. The summed E-state index contributed by atoms with van der Waals surface area (Å²) in [7, 11) is 0. The number of anilines is 1. The fourth-order valence-corrected chi connectivity index (χ4v) is 2.85. The predicted molar refractivity (Wildman–Crippen MR) is 94.2 cm³/mol. The molecular formula is C17H7Cl2F6N3O2. The van der Waals surface area contributed by atoms with E-state index in [-0.39, 0.29) is 39.7 Å². The number of hydrogen-bond acceptors (Lipinski definition) is 4. The lowest BCUT2D eigenvalue weighted by Crippen LogP contribution is -2.17. The van der Waals surface area contributed by atoms with E-state index in [0.29, 0.717) is 0 Å². The molecule has 0 spiro atoms. The first kappa shape index (κ1) is 21.9. The normalized spacial score (nSPS) is 12.1. The molecule has 0 aliphatic rings. The van der Waals surface area contributed by atoms with Gasteiger partial charge in [-0.3, -0.25) is 10.1 Å². The molecule has 30 heavy (non-hydrogen) atoms. The number of benzene rings is 2. The van der Waals surface area contributed by atoms with E-state index in [1.54, 1.807) is 0 Å². The van der Waals surface area contributed by atoms with Gasteiger partial charge in [0.05, 0.1) is 11.1 Å². The highest BCUT2D eigenvalue weighted by Crippen LogP contribution is 2.36. The van der Waals surface area contributed by atoms with Crippen LogP contribution in [0.25, 0.3) is 11.5 Å². The van der Waals surface area contributed by atoms with Crippen molar-refractivity contribution in [3.05, 3.63) is 63.1 Å². The first-order valence-corrected chi connectivity index (χ1v) is 8.49. The largest absolute Gasteiger partial charge is 0.416 e. The average molecular weight is 470 g/mol. The molecular weight excluding hydrogens is 463 g/mol. The molecule has 3 aromatic rings. The quantitative estimate of drug-likeness (QED) is 0.455. The molecule has 0 radical (unpaired) electrons. The van der Waals surface area contributed by atoms with Crippen LogP contribution >= 0.6 is 23.2 Å². The van der Waals surface area contributed by atoms with Gasteiger partial charge in [-0.25, -0.2) is 0 Å². The van der Waals surface area contributed by atoms with Crippen LogP contribution in [-0.2, 0) is 12.4 Å². The summed E-state index contributed by atoms with van der Waals surface area (Å²) in [6, 6.07) is 4.15. The smallest absolute Gasteiger partial charge is 0.403 e. The Morgan fingerprint density at radius 2 is 1.37 bits per heavy atom. The molecule has 0 aliphatic heterocycles. The van der Waals surface area contributed by atoms with Crippen molar-refractivity contribution >= 4 is 35.1 Å². The van der Waals surface area contributed by atoms with Gasteiger partial charge in [0.1, 0.15) is 0 Å². The van der Waals surface area contributed by atoms with E-state index in [1.165, 1.54) is 18.2 Å². The maximum absolute atomic E-state index is 12.9. The lowest BCUT2D eigenvalue weighted by Gasteiger charge is -2.13. The Bertz CT molecular complexity index is 1060. The minimum absolute atomic E-state index is 0.0928. The number of nitrogens with zero attached hydrogens (tertiary/aromatic N) is 2. The van der Waals surface area contributed by atoms with Crippen molar-refractivity contribution < 1.29 is 35.6 Å². The molecule has 1 aromatic heterocycles. The summed E-state index contributed by atoms with van der Waals surface area (Å²) in [5, 5.41) is 9.54. The van der Waals surface area contributed by atoms with Crippen molar-refractivity contribution in [3.63, 3.8) is 0 Å². The molecule has 0 saturated heterocycles. The molecule has 0 fully saturated rings. The summed E-state index contributed by atoms with van der Waals surface area (Å²) in [4.78, 5) is 12.2. The van der Waals surface area contributed by atoms with Crippen LogP contribution in [0.1, 0.15) is 21.5 Å². The zero-order valence-corrected chi connectivity index (χ0v) is 15.7. The minimum Gasteiger partial charge on any atom is -0.403 e. The predicted octanol–water partition coefficient (Wildman–Crippen LogP) is 6.33. The van der Waals surface area contributed by atoms with Crippen LogP contribution < -0.4 is 5.32 Å². The van der Waals surface area contributed by atoms with Crippen molar-refractivity contribution in [2.24, 2.45) is 0 Å². The number of rotatable bonds is 3. The Morgan fingerprint density at radius 3 is 1.87 bits per heavy atom. The van der Waals surface area contributed by atoms with Gasteiger partial charge in [-0.1, -0.05) is 28.3 Å². The molecule has 0 unspecified atom stereocenters. The van der Waals surface area contributed by atoms with E-state index in [4.69, 9.17) is 27.6 Å². The van der Waals surface area contributed by atoms with Gasteiger partial charge in [-0.05, 0) is 36.4 Å². The highest BCUT2D eigenvalue weighted by molar-refractivity contribution is 6.35. The van der Waals surface area contributed by atoms with Gasteiger partial charge in [0.15, 0.2) is 0 Å². The molecule has 13 heteroatoms. The Labute approximate surface area is 173 Å². The van der Waals surface area contributed by atoms with Gasteiger partial charge in [0, 0.05) is 21.2 Å². The maximum Gasteiger partial charge on any atom is 0.416 e. The Morgan fingerprint density at radius 1 is 0.833 bits per heavy atom. The van der Waals surface area contributed by atoms with Gasteiger partial charge >= 0.3 is 18.4 Å². The molecule has 2 aromatic carbocycles. The zero-order chi connectivity index (χ0) is 22.3. The van der Waals surface area contributed by atoms with Crippen LogP contribution in [0, 0.1) is 0 Å². The van der Waals surface area contributed by atoms with Crippen LogP contribution in [0.5, 0.6) is 0 Å². The third-order valence-electron chi connectivity index (χ3n) is 3.60. The number of aromatic nitrogens is 2. The zero-order valence-electron chi connectivity index (χ0n) is 14.2. The fourth-order valence-electron chi connectivity index (χ4n) is 2.32. The third-order valence-corrected chi connectivity index (χ3v) is 4.04. The first-order valence-electron chi connectivity index (χ1n) is 7.74. The van der Waals surface area contributed by atoms with Crippen molar-refractivity contribution in [2.45, 2.75) is 12.4 Å². The number of halogens is 8. The highest BCUT2D eigenvalue weighted by Gasteiger charge is 2.37. The minimum atomic E-state index is -5.10. The monoisotopic (exact) mass is 469 g/mol. The van der Waals surface area contributed by atoms with Crippen molar-refractivity contribution in [2.75, 3.05) is 5.32 Å². The summed E-state index contributed by atoms with van der Waals surface area (Å²) >= 11 is 11.7. The molecule has 0 bridgehead atoms. The van der Waals surface area contributed by atoms with Crippen LogP contribution in [-0.4, -0.2) is 16.1 Å². The number of carbonyl (C=O) groups is 1. The van der Waals surface area contributed by atoms with Gasteiger partial charge in [0.25, 0.3) is 5.91 Å². The van der Waals surface area contributed by atoms with Crippen LogP contribution in [0.2, 0.25) is 10.0 Å². The SMILES string of the molecule is O=C(Nc1nnc(-c2cc(Cl)cc(Cl)c2)o1)c1cc(C(F)(F)F)cc(C(F)(F)F)c1. The molecule has 158 valence electrons. The van der Waals surface area contributed by atoms with Crippen LogP contribution in [0.4, 0.5) is 32.4 Å². The topological polar surface area (TPSA) is 68.0 Å². The van der Waals surface area contributed by atoms with Crippen LogP contribution in [0.15, 0.2) is 40.8 Å². The third kappa shape index (κ3) is 5.03. The Kier molecular flexibility index (Phi) is 5.70. The second kappa shape index (κ2) is 7.80. The number of hydrogen-bond donors (Lipinski definition) is 1. The van der Waals surface area contributed by atoms with E-state index >= 15 is 0 Å². The molecule has 1 heterocycles. The molecule has 3 rings (SSSR count). The van der Waals surface area contributed by atoms with E-state index in [1.807, 2.05) is 5.32 Å². The van der Waals surface area contributed by atoms with Gasteiger partial charge in [-0.15, -0.1) is 5.10 Å². The summed E-state index contributed by atoms with van der Waals surface area (Å²) in [6.07, 6.45) is -10.2. The highest BCUT2D eigenvalue weighted by atomic mass is 35.5. The standard InChI is InChI=1S/C17H7Cl2F6N3O2/c18-11-3-8(4-12(19)6-11)14-27-28-15(30-14)26-13(29)7-1-9(16(20,21)22)5-10(2-7)17(23,24)25/h1-6H,(H,26,28,29). The number of amides is 1. The van der Waals surface area contributed by atoms with Crippen molar-refractivity contribution in [1.82, 2.24) is 10.2 Å². The molecule has 0 atom stereocenters. The Hall–Kier alpha value is -2.79. The van der Waals surface area contributed by atoms with Crippen molar-refractivity contribution in [1.29, 1.82) is 0 Å². The Balaban J connectivity index is 1.90. The second-order valence-electron chi connectivity index (χ2n) is 5.82. The molecule has 1 N–H and O–H groups in total. The molecule has 5 nitrogen and oxygen atoms in total. The lowest BCUT2D eigenvalue weighted by molar-refractivity contribution is -0.143. The summed E-state index contributed by atoms with van der Waals surface area (Å²) < 4.78 is 82.7. The number of carbonyl (C=O) groups excluding carboxylic acids is 1. The van der Waals surface area contributed by atoms with Crippen molar-refractivity contribution in [3.8, 4) is 11.5 Å². The van der Waals surface area contributed by atoms with E-state index in [2.05, 4.69) is 10.2 Å². The van der Waals surface area contributed by atoms with E-state index < -0.39 is 41.0 Å². The van der Waals surface area contributed by atoms with Gasteiger partial charge in [-0.2, -0.15) is 26.3 Å². The van der Waals surface area contributed by atoms with E-state index in [9.17, 15) is 31.1 Å². The fraction of sp³-hybridized carbons (Fsp3) is 0.118. The average Bonchev–Trinajstić information content (AvgIpc) is 3.07. The summed E-state index contributed by atoms with van der Waals surface area (Å²) in [6.45, 7) is 0.